The Hall–Kier alpha value is -3.73. The third kappa shape index (κ3) is 6.47. The van der Waals surface area contributed by atoms with Crippen LogP contribution in [0.3, 0.4) is 0 Å². The number of carbonyl (C=O) groups is 1. The molecule has 0 bridgehead atoms. The Bertz CT molecular complexity index is 1300. The van der Waals surface area contributed by atoms with Gasteiger partial charge in [-0.05, 0) is 72.7 Å². The lowest BCUT2D eigenvalue weighted by Crippen LogP contribution is -2.47. The summed E-state index contributed by atoms with van der Waals surface area (Å²) in [6.45, 7) is 0. The zero-order valence-corrected chi connectivity index (χ0v) is 20.5. The van der Waals surface area contributed by atoms with E-state index >= 15 is 0 Å². The molecule has 0 heterocycles. The predicted molar refractivity (Wildman–Crippen MR) is 132 cm³/mol. The summed E-state index contributed by atoms with van der Waals surface area (Å²) in [6.07, 6.45) is -8.05. The fraction of sp³-hybridized carbons (Fsp3) is 0.321. The van der Waals surface area contributed by atoms with Crippen LogP contribution in [0.25, 0.3) is 0 Å². The van der Waals surface area contributed by atoms with E-state index in [9.17, 15) is 36.2 Å². The Labute approximate surface area is 220 Å². The number of nitrogens with two attached hydrogens (primary N) is 1. The third-order valence-corrected chi connectivity index (χ3v) is 6.76. The highest BCUT2D eigenvalue weighted by Gasteiger charge is 2.44. The van der Waals surface area contributed by atoms with Crippen LogP contribution in [0.4, 0.5) is 36.8 Å². The van der Waals surface area contributed by atoms with Crippen molar-refractivity contribution in [1.29, 1.82) is 0 Å². The number of alkyl halides is 4. The van der Waals surface area contributed by atoms with Gasteiger partial charge in [-0.15, -0.1) is 0 Å². The molecule has 3 aromatic rings. The minimum Gasteiger partial charge on any atom is -0.428 e. The normalized spacial score (nSPS) is 18.3. The molecule has 1 aliphatic rings. The fourth-order valence-corrected chi connectivity index (χ4v) is 4.99. The smallest absolute Gasteiger partial charge is 0.428 e. The molecule has 0 aromatic heterocycles. The number of nitrogens with zero attached hydrogens (tertiary/aromatic N) is 1. The molecule has 0 unspecified atom stereocenters. The van der Waals surface area contributed by atoms with E-state index in [2.05, 4.69) is 4.74 Å². The molecule has 11 heteroatoms. The van der Waals surface area contributed by atoms with Crippen LogP contribution in [0.15, 0.2) is 66.7 Å². The number of primary amides is 1. The standard InChI is InChI=1S/C28H26F6N2O3/c29-19-10-8-16(9-11-19)22(18-12-20(30)15-21(13-18)39-28(33,34)26(31)32)14-17-4-1-2-5-23(17)36(27(35)38)24-6-3-7-25(24)37/h1-2,4-5,8-13,15,22,24-26,37H,3,6-7,14H2,(H2,35,38)/t22-,24+,25+/m0/s1. The maximum Gasteiger partial charge on any atom is 0.461 e. The first-order valence-corrected chi connectivity index (χ1v) is 12.2. The van der Waals surface area contributed by atoms with E-state index in [0.29, 0.717) is 42.1 Å². The van der Waals surface area contributed by atoms with Crippen LogP contribution in [0.1, 0.15) is 41.9 Å². The van der Waals surface area contributed by atoms with Crippen molar-refractivity contribution in [2.45, 2.75) is 56.3 Å². The largest absolute Gasteiger partial charge is 0.461 e. The Morgan fingerprint density at radius 2 is 1.69 bits per heavy atom. The van der Waals surface area contributed by atoms with Crippen molar-refractivity contribution in [2.75, 3.05) is 4.90 Å². The van der Waals surface area contributed by atoms with Gasteiger partial charge in [0.15, 0.2) is 0 Å². The van der Waals surface area contributed by atoms with Crippen LogP contribution < -0.4 is 15.4 Å². The number of anilines is 1. The van der Waals surface area contributed by atoms with E-state index in [-0.39, 0.29) is 12.0 Å². The van der Waals surface area contributed by atoms with Crippen molar-refractivity contribution in [2.24, 2.45) is 5.73 Å². The Morgan fingerprint density at radius 1 is 1.00 bits per heavy atom. The summed E-state index contributed by atoms with van der Waals surface area (Å²) >= 11 is 0. The molecule has 3 aromatic carbocycles. The number of amides is 2. The van der Waals surface area contributed by atoms with E-state index in [1.165, 1.54) is 29.2 Å². The van der Waals surface area contributed by atoms with Gasteiger partial charge in [0, 0.05) is 17.7 Å². The van der Waals surface area contributed by atoms with E-state index in [0.717, 1.165) is 12.1 Å². The van der Waals surface area contributed by atoms with Gasteiger partial charge in [0.1, 0.15) is 17.4 Å². The quantitative estimate of drug-likeness (QED) is 0.303. The van der Waals surface area contributed by atoms with Crippen LogP contribution in [0, 0.1) is 11.6 Å². The number of ether oxygens (including phenoxy) is 1. The van der Waals surface area contributed by atoms with Gasteiger partial charge >= 0.3 is 18.6 Å². The maximum atomic E-state index is 14.6. The summed E-state index contributed by atoms with van der Waals surface area (Å²) in [6, 6.07) is 13.1. The van der Waals surface area contributed by atoms with Gasteiger partial charge in [-0.25, -0.2) is 13.6 Å². The van der Waals surface area contributed by atoms with E-state index < -0.39 is 54.0 Å². The number of halogens is 6. The molecule has 1 fully saturated rings. The fourth-order valence-electron chi connectivity index (χ4n) is 4.99. The van der Waals surface area contributed by atoms with Gasteiger partial charge < -0.3 is 15.6 Å². The summed E-state index contributed by atoms with van der Waals surface area (Å²) in [5.74, 6) is -3.19. The van der Waals surface area contributed by atoms with Crippen molar-refractivity contribution in [3.63, 3.8) is 0 Å². The number of hydrogen-bond acceptors (Lipinski definition) is 3. The lowest BCUT2D eigenvalue weighted by atomic mass is 9.85. The number of aliphatic hydroxyl groups excluding tert-OH is 1. The number of rotatable bonds is 9. The zero-order valence-electron chi connectivity index (χ0n) is 20.5. The minimum atomic E-state index is -4.85. The molecule has 1 saturated carbocycles. The highest BCUT2D eigenvalue weighted by Crippen LogP contribution is 2.38. The third-order valence-electron chi connectivity index (χ3n) is 6.76. The van der Waals surface area contributed by atoms with Gasteiger partial charge in [0.25, 0.3) is 0 Å². The summed E-state index contributed by atoms with van der Waals surface area (Å²) < 4.78 is 85.1. The first kappa shape index (κ1) is 28.3. The summed E-state index contributed by atoms with van der Waals surface area (Å²) in [4.78, 5) is 13.8. The number of para-hydroxylation sites is 1. The zero-order chi connectivity index (χ0) is 28.3. The molecule has 1 aliphatic carbocycles. The first-order chi connectivity index (χ1) is 18.5. The van der Waals surface area contributed by atoms with E-state index in [1.54, 1.807) is 24.3 Å². The number of aliphatic hydroxyl groups is 1. The molecule has 5 nitrogen and oxygen atoms in total. The van der Waals surface area contributed by atoms with Gasteiger partial charge in [-0.3, -0.25) is 4.90 Å². The monoisotopic (exact) mass is 552 g/mol. The summed E-state index contributed by atoms with van der Waals surface area (Å²) in [5.41, 5.74) is 7.17. The first-order valence-electron chi connectivity index (χ1n) is 12.2. The van der Waals surface area contributed by atoms with E-state index in [1.807, 2.05) is 0 Å². The number of urea groups is 1. The summed E-state index contributed by atoms with van der Waals surface area (Å²) in [7, 11) is 0. The Kier molecular flexibility index (Phi) is 8.39. The molecule has 3 N–H and O–H groups in total. The van der Waals surface area contributed by atoms with Crippen LogP contribution in [0.5, 0.6) is 5.75 Å². The molecule has 39 heavy (non-hydrogen) atoms. The van der Waals surface area contributed by atoms with Crippen LogP contribution in [-0.4, -0.2) is 35.8 Å². The van der Waals surface area contributed by atoms with Crippen molar-refractivity contribution in [3.8, 4) is 5.75 Å². The maximum absolute atomic E-state index is 14.6. The van der Waals surface area contributed by atoms with E-state index in [4.69, 9.17) is 5.73 Å². The van der Waals surface area contributed by atoms with Gasteiger partial charge in [0.05, 0.1) is 12.1 Å². The summed E-state index contributed by atoms with van der Waals surface area (Å²) in [5, 5.41) is 10.5. The molecule has 0 radical (unpaired) electrons. The lowest BCUT2D eigenvalue weighted by molar-refractivity contribution is -0.253. The van der Waals surface area contributed by atoms with Crippen LogP contribution in [-0.2, 0) is 6.42 Å². The average Bonchev–Trinajstić information content (AvgIpc) is 3.28. The predicted octanol–water partition coefficient (Wildman–Crippen LogP) is 6.37. The molecule has 0 saturated heterocycles. The van der Waals surface area contributed by atoms with Crippen molar-refractivity contribution >= 4 is 11.7 Å². The second-order valence-electron chi connectivity index (χ2n) is 9.40. The molecule has 0 spiro atoms. The average molecular weight is 553 g/mol. The van der Waals surface area contributed by atoms with Crippen molar-refractivity contribution < 1.29 is 41.0 Å². The second kappa shape index (κ2) is 11.6. The molecule has 2 amide bonds. The molecule has 208 valence electrons. The number of benzene rings is 3. The van der Waals surface area contributed by atoms with Gasteiger partial charge in [-0.1, -0.05) is 30.3 Å². The lowest BCUT2D eigenvalue weighted by Gasteiger charge is -2.32. The highest BCUT2D eigenvalue weighted by atomic mass is 19.3. The van der Waals surface area contributed by atoms with Gasteiger partial charge in [-0.2, -0.15) is 17.6 Å². The van der Waals surface area contributed by atoms with Crippen molar-refractivity contribution in [3.05, 3.63) is 95.1 Å². The molecule has 4 rings (SSSR count). The molecular formula is C28H26F6N2O3. The highest BCUT2D eigenvalue weighted by molar-refractivity contribution is 5.92. The Morgan fingerprint density at radius 3 is 2.31 bits per heavy atom. The SMILES string of the molecule is NC(=O)N(c1ccccc1C[C@@H](c1ccc(F)cc1)c1cc(F)cc(OC(F)(F)C(F)F)c1)[C@@H]1CCC[C@H]1O. The Balaban J connectivity index is 1.79. The van der Waals surface area contributed by atoms with Crippen molar-refractivity contribution in [1.82, 2.24) is 0 Å². The molecular weight excluding hydrogens is 526 g/mol. The second-order valence-corrected chi connectivity index (χ2v) is 9.40. The molecule has 0 aliphatic heterocycles. The van der Waals surface area contributed by atoms with Gasteiger partial charge in [0.2, 0.25) is 0 Å². The molecule has 3 atom stereocenters. The topological polar surface area (TPSA) is 75.8 Å². The minimum absolute atomic E-state index is 0.0442. The van der Waals surface area contributed by atoms with Crippen LogP contribution in [0.2, 0.25) is 0 Å². The number of carbonyl (C=O) groups excluding carboxylic acids is 1. The number of hydrogen-bond donors (Lipinski definition) is 2. The van der Waals surface area contributed by atoms with Crippen LogP contribution >= 0.6 is 0 Å².